The van der Waals surface area contributed by atoms with Crippen molar-refractivity contribution < 1.29 is 14.3 Å². The van der Waals surface area contributed by atoms with Crippen LogP contribution < -0.4 is 15.0 Å². The van der Waals surface area contributed by atoms with Gasteiger partial charge in [0.25, 0.3) is 0 Å². The zero-order valence-corrected chi connectivity index (χ0v) is 13.5. The fraction of sp³-hybridized carbons (Fsp3) is 0.176. The Morgan fingerprint density at radius 1 is 1.26 bits per heavy atom. The number of hydrogen-bond acceptors (Lipinski definition) is 3. The normalized spacial score (nSPS) is 13.0. The Kier molecular flexibility index (Phi) is 3.96. The van der Waals surface area contributed by atoms with E-state index >= 15 is 0 Å². The van der Waals surface area contributed by atoms with Gasteiger partial charge in [0.05, 0.1) is 19.2 Å². The Bertz CT molecular complexity index is 787. The Morgan fingerprint density at radius 2 is 1.96 bits per heavy atom. The largest absolute Gasteiger partial charge is 0.496 e. The van der Waals surface area contributed by atoms with Crippen LogP contribution in [0.3, 0.4) is 0 Å². The van der Waals surface area contributed by atoms with Crippen molar-refractivity contribution in [3.63, 3.8) is 0 Å². The first-order valence-corrected chi connectivity index (χ1v) is 7.44. The lowest BCUT2D eigenvalue weighted by atomic mass is 10.1. The van der Waals surface area contributed by atoms with Crippen LogP contribution in [0.2, 0.25) is 5.02 Å². The summed E-state index contributed by atoms with van der Waals surface area (Å²) in [6.07, 6.45) is 0.181. The molecular formula is C17H15ClN2O3. The van der Waals surface area contributed by atoms with Gasteiger partial charge in [-0.3, -0.25) is 4.79 Å². The Balaban J connectivity index is 1.89. The first-order valence-electron chi connectivity index (χ1n) is 7.06. The van der Waals surface area contributed by atoms with Gasteiger partial charge in [0.15, 0.2) is 0 Å². The van der Waals surface area contributed by atoms with E-state index in [1.807, 2.05) is 6.92 Å². The van der Waals surface area contributed by atoms with E-state index in [4.69, 9.17) is 16.3 Å². The highest BCUT2D eigenvalue weighted by Crippen LogP contribution is 2.35. The van der Waals surface area contributed by atoms with Gasteiger partial charge in [-0.25, -0.2) is 9.69 Å². The number of benzene rings is 2. The van der Waals surface area contributed by atoms with Crippen LogP contribution in [0.25, 0.3) is 0 Å². The minimum Gasteiger partial charge on any atom is -0.496 e. The SMILES string of the molecule is COc1cc2c(cc1C)N(C(=O)Nc1ccc(Cl)cc1)C(=O)C2. The van der Waals surface area contributed by atoms with E-state index in [1.165, 1.54) is 0 Å². The predicted octanol–water partition coefficient (Wildman–Crippen LogP) is 3.78. The van der Waals surface area contributed by atoms with Crippen LogP contribution in [0.15, 0.2) is 36.4 Å². The number of nitrogens with zero attached hydrogens (tertiary/aromatic N) is 1. The van der Waals surface area contributed by atoms with E-state index in [0.29, 0.717) is 22.1 Å². The quantitative estimate of drug-likeness (QED) is 0.911. The second-order valence-electron chi connectivity index (χ2n) is 5.29. The Hall–Kier alpha value is -2.53. The smallest absolute Gasteiger partial charge is 0.333 e. The van der Waals surface area contributed by atoms with E-state index in [9.17, 15) is 9.59 Å². The molecule has 0 aliphatic carbocycles. The molecule has 1 heterocycles. The lowest BCUT2D eigenvalue weighted by molar-refractivity contribution is -0.116. The van der Waals surface area contributed by atoms with Crippen LogP contribution >= 0.6 is 11.6 Å². The number of carbonyl (C=O) groups is 2. The molecule has 0 unspecified atom stereocenters. The van der Waals surface area contributed by atoms with E-state index in [-0.39, 0.29) is 12.3 Å². The Labute approximate surface area is 138 Å². The molecule has 23 heavy (non-hydrogen) atoms. The molecule has 5 nitrogen and oxygen atoms in total. The average Bonchev–Trinajstić information content (AvgIpc) is 2.83. The molecule has 1 N–H and O–H groups in total. The predicted molar refractivity (Wildman–Crippen MR) is 89.4 cm³/mol. The standard InChI is InChI=1S/C17H15ClN2O3/c1-10-7-14-11(8-15(10)23-2)9-16(21)20(14)17(22)19-13-5-3-12(18)4-6-13/h3-8H,9H2,1-2H3,(H,19,22). The minimum absolute atomic E-state index is 0.181. The van der Waals surface area contributed by atoms with Crippen LogP contribution in [0.5, 0.6) is 5.75 Å². The number of imide groups is 1. The fourth-order valence-corrected chi connectivity index (χ4v) is 2.72. The van der Waals surface area contributed by atoms with Crippen molar-refractivity contribution in [3.05, 3.63) is 52.5 Å². The molecule has 3 amide bonds. The number of urea groups is 1. The molecule has 0 saturated carbocycles. The molecule has 6 heteroatoms. The lowest BCUT2D eigenvalue weighted by Gasteiger charge is -2.17. The molecular weight excluding hydrogens is 316 g/mol. The van der Waals surface area contributed by atoms with E-state index in [1.54, 1.807) is 43.5 Å². The van der Waals surface area contributed by atoms with Gasteiger partial charge >= 0.3 is 6.03 Å². The summed E-state index contributed by atoms with van der Waals surface area (Å²) in [6.45, 7) is 1.87. The molecule has 0 radical (unpaired) electrons. The summed E-state index contributed by atoms with van der Waals surface area (Å²) >= 11 is 5.82. The zero-order valence-electron chi connectivity index (χ0n) is 12.7. The molecule has 0 atom stereocenters. The van der Waals surface area contributed by atoms with Crippen molar-refractivity contribution in [1.82, 2.24) is 0 Å². The molecule has 0 saturated heterocycles. The lowest BCUT2D eigenvalue weighted by Crippen LogP contribution is -2.37. The number of methoxy groups -OCH3 is 1. The number of carbonyl (C=O) groups excluding carboxylic acids is 2. The molecule has 2 aromatic rings. The second-order valence-corrected chi connectivity index (χ2v) is 5.73. The highest BCUT2D eigenvalue weighted by molar-refractivity contribution is 6.30. The maximum Gasteiger partial charge on any atom is 0.333 e. The van der Waals surface area contributed by atoms with Crippen molar-refractivity contribution in [2.45, 2.75) is 13.3 Å². The highest BCUT2D eigenvalue weighted by Gasteiger charge is 2.33. The molecule has 0 spiro atoms. The van der Waals surface area contributed by atoms with Gasteiger partial charge in [-0.05, 0) is 54.4 Å². The van der Waals surface area contributed by atoms with Gasteiger partial charge in [0.2, 0.25) is 5.91 Å². The van der Waals surface area contributed by atoms with Crippen molar-refractivity contribution in [3.8, 4) is 5.75 Å². The van der Waals surface area contributed by atoms with Crippen LogP contribution in [0, 0.1) is 6.92 Å². The third kappa shape index (κ3) is 2.87. The number of anilines is 2. The number of nitrogens with one attached hydrogen (secondary N) is 1. The van der Waals surface area contributed by atoms with Gasteiger partial charge in [-0.1, -0.05) is 11.6 Å². The number of aryl methyl sites for hydroxylation is 1. The van der Waals surface area contributed by atoms with Gasteiger partial charge in [-0.2, -0.15) is 0 Å². The maximum atomic E-state index is 12.5. The molecule has 0 bridgehead atoms. The number of hydrogen-bond donors (Lipinski definition) is 1. The number of amides is 3. The van der Waals surface area contributed by atoms with Crippen molar-refractivity contribution in [1.29, 1.82) is 0 Å². The van der Waals surface area contributed by atoms with Crippen molar-refractivity contribution in [2.24, 2.45) is 0 Å². The first-order chi connectivity index (χ1) is 11.0. The Morgan fingerprint density at radius 3 is 2.61 bits per heavy atom. The first kappa shape index (κ1) is 15.4. The molecule has 0 aromatic heterocycles. The van der Waals surface area contributed by atoms with Crippen LogP contribution in [0.1, 0.15) is 11.1 Å². The third-order valence-corrected chi connectivity index (χ3v) is 3.98. The average molecular weight is 331 g/mol. The molecule has 0 fully saturated rings. The van der Waals surface area contributed by atoms with E-state index in [0.717, 1.165) is 16.0 Å². The summed E-state index contributed by atoms with van der Waals surface area (Å²) in [5.41, 5.74) is 2.82. The van der Waals surface area contributed by atoms with Crippen LogP contribution in [-0.4, -0.2) is 19.0 Å². The minimum atomic E-state index is -0.486. The third-order valence-electron chi connectivity index (χ3n) is 3.73. The summed E-state index contributed by atoms with van der Waals surface area (Å²) in [6, 6.07) is 9.82. The summed E-state index contributed by atoms with van der Waals surface area (Å²) in [5, 5.41) is 3.28. The van der Waals surface area contributed by atoms with Crippen LogP contribution in [0.4, 0.5) is 16.2 Å². The molecule has 118 valence electrons. The van der Waals surface area contributed by atoms with Gasteiger partial charge < -0.3 is 10.1 Å². The summed E-state index contributed by atoms with van der Waals surface area (Å²) in [7, 11) is 1.58. The highest BCUT2D eigenvalue weighted by atomic mass is 35.5. The number of ether oxygens (including phenoxy) is 1. The number of rotatable bonds is 2. The monoisotopic (exact) mass is 330 g/mol. The molecule has 1 aliphatic heterocycles. The van der Waals surface area contributed by atoms with Crippen molar-refractivity contribution in [2.75, 3.05) is 17.3 Å². The number of fused-ring (bicyclic) bond motifs is 1. The second kappa shape index (κ2) is 5.93. The number of halogens is 1. The maximum absolute atomic E-state index is 12.5. The molecule has 2 aromatic carbocycles. The summed E-state index contributed by atoms with van der Waals surface area (Å²) in [4.78, 5) is 25.9. The summed E-state index contributed by atoms with van der Waals surface area (Å²) in [5.74, 6) is 0.440. The van der Waals surface area contributed by atoms with Gasteiger partial charge in [0.1, 0.15) is 5.75 Å². The fourth-order valence-electron chi connectivity index (χ4n) is 2.60. The van der Waals surface area contributed by atoms with Crippen molar-refractivity contribution >= 4 is 34.9 Å². The summed E-state index contributed by atoms with van der Waals surface area (Å²) < 4.78 is 5.27. The topological polar surface area (TPSA) is 58.6 Å². The van der Waals surface area contributed by atoms with Gasteiger partial charge in [0, 0.05) is 10.7 Å². The molecule has 1 aliphatic rings. The van der Waals surface area contributed by atoms with E-state index < -0.39 is 6.03 Å². The molecule has 3 rings (SSSR count). The van der Waals surface area contributed by atoms with Gasteiger partial charge in [-0.15, -0.1) is 0 Å². The van der Waals surface area contributed by atoms with E-state index in [2.05, 4.69) is 5.32 Å². The zero-order chi connectivity index (χ0) is 16.6. The van der Waals surface area contributed by atoms with Crippen LogP contribution in [-0.2, 0) is 11.2 Å².